The minimum atomic E-state index is -2.84. The zero-order valence-electron chi connectivity index (χ0n) is 8.83. The summed E-state index contributed by atoms with van der Waals surface area (Å²) < 4.78 is 21.3. The van der Waals surface area contributed by atoms with Crippen LogP contribution in [0, 0.1) is 4.78 Å². The molecule has 0 radical (unpaired) electrons. The Hall–Kier alpha value is -1.69. The largest absolute Gasteiger partial charge is 0.274 e. The predicted octanol–water partition coefficient (Wildman–Crippen LogP) is 1.69. The number of nitrogens with one attached hydrogen (secondary N) is 1. The molecule has 0 bridgehead atoms. The third-order valence-electron chi connectivity index (χ3n) is 2.25. The molecule has 16 heavy (non-hydrogen) atoms. The topological polar surface area (TPSA) is 71.6 Å². The lowest BCUT2D eigenvalue weighted by atomic mass is 10.3. The van der Waals surface area contributed by atoms with E-state index in [0.717, 1.165) is 5.69 Å². The number of nitrogens with zero attached hydrogens (tertiary/aromatic N) is 3. The standard InChI is InChI=1S/C10H12N4OS/c1-2-16(11,15)10-13-12-8-14(10)9-6-4-3-5-7-9/h3-8,11H,2H2,1H3. The van der Waals surface area contributed by atoms with E-state index in [4.69, 9.17) is 4.78 Å². The average Bonchev–Trinajstić information content (AvgIpc) is 2.80. The molecule has 1 unspecified atom stereocenters. The first-order valence-corrected chi connectivity index (χ1v) is 6.60. The van der Waals surface area contributed by atoms with E-state index in [1.807, 2.05) is 30.3 Å². The van der Waals surface area contributed by atoms with Crippen molar-refractivity contribution >= 4 is 9.73 Å². The van der Waals surface area contributed by atoms with Gasteiger partial charge < -0.3 is 0 Å². The van der Waals surface area contributed by atoms with E-state index in [2.05, 4.69) is 10.2 Å². The van der Waals surface area contributed by atoms with Crippen molar-refractivity contribution in [3.8, 4) is 5.69 Å². The third-order valence-corrected chi connectivity index (χ3v) is 3.93. The first kappa shape index (κ1) is 10.8. The van der Waals surface area contributed by atoms with E-state index in [9.17, 15) is 4.21 Å². The monoisotopic (exact) mass is 236 g/mol. The first-order valence-electron chi connectivity index (χ1n) is 4.87. The van der Waals surface area contributed by atoms with E-state index in [1.165, 1.54) is 6.33 Å². The molecule has 0 aliphatic rings. The summed E-state index contributed by atoms with van der Waals surface area (Å²) in [5.74, 6) is 0.235. The maximum absolute atomic E-state index is 12.0. The van der Waals surface area contributed by atoms with Crippen LogP contribution in [0.1, 0.15) is 6.92 Å². The fourth-order valence-corrected chi connectivity index (χ4v) is 2.25. The molecule has 0 amide bonds. The van der Waals surface area contributed by atoms with Crippen molar-refractivity contribution in [1.29, 1.82) is 4.78 Å². The van der Waals surface area contributed by atoms with Crippen molar-refractivity contribution in [3.63, 3.8) is 0 Å². The molecular weight excluding hydrogens is 224 g/mol. The van der Waals surface area contributed by atoms with Gasteiger partial charge in [-0.25, -0.2) is 8.99 Å². The number of benzene rings is 1. The zero-order valence-corrected chi connectivity index (χ0v) is 9.65. The molecule has 5 nitrogen and oxygen atoms in total. The van der Waals surface area contributed by atoms with Crippen molar-refractivity contribution < 1.29 is 4.21 Å². The minimum absolute atomic E-state index is 0.209. The van der Waals surface area contributed by atoms with Crippen LogP contribution in [0.5, 0.6) is 0 Å². The van der Waals surface area contributed by atoms with E-state index in [1.54, 1.807) is 11.5 Å². The quantitative estimate of drug-likeness (QED) is 0.881. The summed E-state index contributed by atoms with van der Waals surface area (Å²) in [5, 5.41) is 7.72. The highest BCUT2D eigenvalue weighted by Crippen LogP contribution is 2.14. The van der Waals surface area contributed by atoms with Crippen LogP contribution >= 0.6 is 0 Å². The molecule has 2 rings (SSSR count). The van der Waals surface area contributed by atoms with Gasteiger partial charge in [0.05, 0.1) is 0 Å². The first-order chi connectivity index (χ1) is 7.65. The fourth-order valence-electron chi connectivity index (χ4n) is 1.34. The lowest BCUT2D eigenvalue weighted by molar-refractivity contribution is 0.663. The van der Waals surface area contributed by atoms with Gasteiger partial charge >= 0.3 is 0 Å². The molecule has 1 heterocycles. The lowest BCUT2D eigenvalue weighted by Gasteiger charge is -2.07. The Morgan fingerprint density at radius 3 is 2.69 bits per heavy atom. The molecule has 2 aromatic rings. The van der Waals surface area contributed by atoms with Crippen LogP contribution in [0.15, 0.2) is 41.8 Å². The highest BCUT2D eigenvalue weighted by atomic mass is 32.2. The van der Waals surface area contributed by atoms with Crippen LogP contribution in [0.2, 0.25) is 0 Å². The fraction of sp³-hybridized carbons (Fsp3) is 0.200. The molecule has 1 aromatic carbocycles. The van der Waals surface area contributed by atoms with Gasteiger partial charge in [-0.2, -0.15) is 0 Å². The maximum Gasteiger partial charge on any atom is 0.234 e. The number of hydrogen-bond donors (Lipinski definition) is 1. The second-order valence-corrected chi connectivity index (χ2v) is 5.58. The number of hydrogen-bond acceptors (Lipinski definition) is 4. The molecule has 0 saturated carbocycles. The van der Waals surface area contributed by atoms with Crippen molar-refractivity contribution in [2.75, 3.05) is 5.75 Å². The van der Waals surface area contributed by atoms with Gasteiger partial charge in [0.15, 0.2) is 0 Å². The summed E-state index contributed by atoms with van der Waals surface area (Å²) in [6.07, 6.45) is 1.48. The van der Waals surface area contributed by atoms with E-state index >= 15 is 0 Å². The molecule has 1 aromatic heterocycles. The smallest absolute Gasteiger partial charge is 0.234 e. The Bertz CT molecular complexity index is 574. The second kappa shape index (κ2) is 4.05. The van der Waals surface area contributed by atoms with E-state index in [-0.39, 0.29) is 10.9 Å². The summed E-state index contributed by atoms with van der Waals surface area (Å²) in [7, 11) is -2.84. The molecule has 0 aliphatic carbocycles. The molecule has 0 spiro atoms. The number of para-hydroxylation sites is 1. The van der Waals surface area contributed by atoms with Crippen LogP contribution < -0.4 is 0 Å². The number of rotatable bonds is 3. The van der Waals surface area contributed by atoms with Crippen LogP contribution in [-0.4, -0.2) is 24.7 Å². The zero-order chi connectivity index (χ0) is 11.6. The average molecular weight is 236 g/mol. The normalized spacial score (nSPS) is 14.6. The van der Waals surface area contributed by atoms with Gasteiger partial charge in [0.1, 0.15) is 16.1 Å². The van der Waals surface area contributed by atoms with E-state index in [0.29, 0.717) is 0 Å². The lowest BCUT2D eigenvalue weighted by Crippen LogP contribution is -2.09. The summed E-state index contributed by atoms with van der Waals surface area (Å²) in [5.41, 5.74) is 0.816. The van der Waals surface area contributed by atoms with Crippen LogP contribution in [0.4, 0.5) is 0 Å². The Labute approximate surface area is 94.1 Å². The van der Waals surface area contributed by atoms with Gasteiger partial charge in [-0.3, -0.25) is 4.57 Å². The Morgan fingerprint density at radius 1 is 1.38 bits per heavy atom. The van der Waals surface area contributed by atoms with Crippen molar-refractivity contribution in [1.82, 2.24) is 14.8 Å². The molecular formula is C10H12N4OS. The summed E-state index contributed by atoms with van der Waals surface area (Å²) in [4.78, 5) is 0. The SMILES string of the molecule is CCS(=N)(=O)c1nncn1-c1ccccc1. The highest BCUT2D eigenvalue weighted by Gasteiger charge is 2.16. The summed E-state index contributed by atoms with van der Waals surface area (Å²) in [6, 6.07) is 9.36. The van der Waals surface area contributed by atoms with Gasteiger partial charge in [0, 0.05) is 11.4 Å². The maximum atomic E-state index is 12.0. The van der Waals surface area contributed by atoms with Gasteiger partial charge in [-0.05, 0) is 12.1 Å². The van der Waals surface area contributed by atoms with Crippen LogP contribution in [0.25, 0.3) is 5.69 Å². The van der Waals surface area contributed by atoms with Gasteiger partial charge in [0.25, 0.3) is 0 Å². The Morgan fingerprint density at radius 2 is 2.06 bits per heavy atom. The van der Waals surface area contributed by atoms with Crippen molar-refractivity contribution in [3.05, 3.63) is 36.7 Å². The predicted molar refractivity (Wildman–Crippen MR) is 61.0 cm³/mol. The Kier molecular flexibility index (Phi) is 2.74. The molecule has 1 atom stereocenters. The van der Waals surface area contributed by atoms with Crippen molar-refractivity contribution in [2.45, 2.75) is 12.1 Å². The molecule has 84 valence electrons. The van der Waals surface area contributed by atoms with Gasteiger partial charge in [-0.1, -0.05) is 25.1 Å². The van der Waals surface area contributed by atoms with Crippen LogP contribution in [0.3, 0.4) is 0 Å². The number of aromatic nitrogens is 3. The third kappa shape index (κ3) is 1.83. The van der Waals surface area contributed by atoms with Gasteiger partial charge in [0.2, 0.25) is 5.16 Å². The minimum Gasteiger partial charge on any atom is -0.274 e. The summed E-state index contributed by atoms with van der Waals surface area (Å²) >= 11 is 0. The molecule has 0 aliphatic heterocycles. The molecule has 0 fully saturated rings. The molecule has 0 saturated heterocycles. The van der Waals surface area contributed by atoms with Crippen LogP contribution in [-0.2, 0) is 9.73 Å². The molecule has 6 heteroatoms. The molecule has 1 N–H and O–H groups in total. The van der Waals surface area contributed by atoms with Gasteiger partial charge in [-0.15, -0.1) is 10.2 Å². The Balaban J connectivity index is 2.58. The van der Waals surface area contributed by atoms with Crippen molar-refractivity contribution in [2.24, 2.45) is 0 Å². The van der Waals surface area contributed by atoms with E-state index < -0.39 is 9.73 Å². The second-order valence-electron chi connectivity index (χ2n) is 3.28. The summed E-state index contributed by atoms with van der Waals surface area (Å²) in [6.45, 7) is 1.71. The highest BCUT2D eigenvalue weighted by molar-refractivity contribution is 7.92.